The Kier molecular flexibility index (Phi) is 5.14. The van der Waals surface area contributed by atoms with Crippen molar-refractivity contribution in [3.05, 3.63) is 58.2 Å². The highest BCUT2D eigenvalue weighted by atomic mass is 35.5. The fraction of sp³-hybridized carbons (Fsp3) is 0.158. The summed E-state index contributed by atoms with van der Waals surface area (Å²) in [6.07, 6.45) is 1.56. The first kappa shape index (κ1) is 17.8. The Bertz CT molecular complexity index is 920. The molecule has 2 aromatic carbocycles. The van der Waals surface area contributed by atoms with Crippen LogP contribution in [0.1, 0.15) is 11.1 Å². The average molecular weight is 374 g/mol. The molecule has 0 amide bonds. The van der Waals surface area contributed by atoms with Gasteiger partial charge in [0.05, 0.1) is 31.9 Å². The Morgan fingerprint density at radius 1 is 1.00 bits per heavy atom. The molecule has 0 bridgehead atoms. The first-order valence-electron chi connectivity index (χ1n) is 7.65. The van der Waals surface area contributed by atoms with Crippen LogP contribution in [-0.4, -0.2) is 33.2 Å². The predicted octanol–water partition coefficient (Wildman–Crippen LogP) is 3.71. The van der Waals surface area contributed by atoms with Crippen molar-refractivity contribution < 1.29 is 23.7 Å². The molecule has 134 valence electrons. The normalized spacial score (nSPS) is 14.8. The molecule has 1 aliphatic heterocycles. The third kappa shape index (κ3) is 3.23. The van der Waals surface area contributed by atoms with E-state index in [-0.39, 0.29) is 11.6 Å². The van der Waals surface area contributed by atoms with Gasteiger partial charge in [-0.1, -0.05) is 23.7 Å². The van der Waals surface area contributed by atoms with Crippen molar-refractivity contribution >= 4 is 29.5 Å². The molecule has 1 aliphatic rings. The average Bonchev–Trinajstić information content (AvgIpc) is 3.01. The largest absolute Gasteiger partial charge is 0.493 e. The summed E-state index contributed by atoms with van der Waals surface area (Å²) in [5.41, 5.74) is 1.27. The van der Waals surface area contributed by atoms with Crippen LogP contribution in [0.3, 0.4) is 0 Å². The van der Waals surface area contributed by atoms with E-state index in [0.29, 0.717) is 33.4 Å². The van der Waals surface area contributed by atoms with Crippen LogP contribution >= 0.6 is 11.6 Å². The van der Waals surface area contributed by atoms with Gasteiger partial charge < -0.3 is 18.9 Å². The maximum absolute atomic E-state index is 12.2. The molecular formula is C19H16ClNO5. The van der Waals surface area contributed by atoms with Crippen LogP contribution in [0, 0.1) is 0 Å². The highest BCUT2D eigenvalue weighted by Crippen LogP contribution is 2.41. The molecule has 0 aliphatic carbocycles. The summed E-state index contributed by atoms with van der Waals surface area (Å²) in [7, 11) is 4.55. The van der Waals surface area contributed by atoms with Gasteiger partial charge in [0.1, 0.15) is 0 Å². The number of ether oxygens (including phenoxy) is 4. The molecule has 3 rings (SSSR count). The number of esters is 1. The number of carbonyl (C=O) groups excluding carboxylic acids is 1. The van der Waals surface area contributed by atoms with Gasteiger partial charge in [0.25, 0.3) is 0 Å². The molecule has 0 N–H and O–H groups in total. The quantitative estimate of drug-likeness (QED) is 0.590. The first-order chi connectivity index (χ1) is 12.6. The second-order valence-corrected chi connectivity index (χ2v) is 5.65. The van der Waals surface area contributed by atoms with Crippen molar-refractivity contribution in [1.29, 1.82) is 0 Å². The standard InChI is InChI=1S/C19H16ClNO5/c1-23-15-9-8-11(16(24-2)17(15)25-3)10-14-19(22)26-18(21-14)12-6-4-5-7-13(12)20/h4-10H,1-3H3/b14-10+. The summed E-state index contributed by atoms with van der Waals surface area (Å²) in [5, 5.41) is 0.448. The van der Waals surface area contributed by atoms with Crippen LogP contribution in [0.5, 0.6) is 17.2 Å². The minimum absolute atomic E-state index is 0.130. The number of methoxy groups -OCH3 is 3. The molecule has 6 nitrogen and oxygen atoms in total. The van der Waals surface area contributed by atoms with Crippen molar-refractivity contribution in [2.45, 2.75) is 0 Å². The van der Waals surface area contributed by atoms with Crippen molar-refractivity contribution in [3.63, 3.8) is 0 Å². The summed E-state index contributed by atoms with van der Waals surface area (Å²) in [6, 6.07) is 10.5. The van der Waals surface area contributed by atoms with Gasteiger partial charge in [-0.2, -0.15) is 0 Å². The van der Waals surface area contributed by atoms with E-state index in [0.717, 1.165) is 0 Å². The Labute approximate surface area is 155 Å². The van der Waals surface area contributed by atoms with Crippen LogP contribution in [0.4, 0.5) is 0 Å². The van der Waals surface area contributed by atoms with E-state index >= 15 is 0 Å². The molecule has 0 fully saturated rings. The molecule has 0 spiro atoms. The van der Waals surface area contributed by atoms with E-state index < -0.39 is 5.97 Å². The highest BCUT2D eigenvalue weighted by Gasteiger charge is 2.26. The summed E-state index contributed by atoms with van der Waals surface area (Å²) in [6.45, 7) is 0. The smallest absolute Gasteiger partial charge is 0.363 e. The van der Waals surface area contributed by atoms with E-state index in [2.05, 4.69) is 4.99 Å². The SMILES string of the molecule is COc1ccc(/C=C2/N=C(c3ccccc3Cl)OC2=O)c(OC)c1OC. The molecule has 0 saturated heterocycles. The maximum Gasteiger partial charge on any atom is 0.363 e. The third-order valence-corrected chi connectivity index (χ3v) is 4.08. The minimum atomic E-state index is -0.572. The van der Waals surface area contributed by atoms with Gasteiger partial charge in [0, 0.05) is 5.56 Å². The maximum atomic E-state index is 12.2. The fourth-order valence-electron chi connectivity index (χ4n) is 2.54. The second-order valence-electron chi connectivity index (χ2n) is 5.24. The molecule has 0 radical (unpaired) electrons. The topological polar surface area (TPSA) is 66.4 Å². The Hall–Kier alpha value is -2.99. The summed E-state index contributed by atoms with van der Waals surface area (Å²) < 4.78 is 21.3. The van der Waals surface area contributed by atoms with E-state index in [9.17, 15) is 4.79 Å². The number of aliphatic imine (C=N–C) groups is 1. The zero-order valence-corrected chi connectivity index (χ0v) is 15.2. The summed E-state index contributed by atoms with van der Waals surface area (Å²) in [4.78, 5) is 16.5. The van der Waals surface area contributed by atoms with Gasteiger partial charge in [-0.05, 0) is 30.3 Å². The van der Waals surface area contributed by atoms with Crippen LogP contribution in [0.15, 0.2) is 47.1 Å². The lowest BCUT2D eigenvalue weighted by Gasteiger charge is -2.14. The van der Waals surface area contributed by atoms with Crippen molar-refractivity contribution in [1.82, 2.24) is 0 Å². The number of benzene rings is 2. The number of nitrogens with zero attached hydrogens (tertiary/aromatic N) is 1. The minimum Gasteiger partial charge on any atom is -0.493 e. The Morgan fingerprint density at radius 3 is 2.38 bits per heavy atom. The number of rotatable bonds is 5. The molecule has 0 unspecified atom stereocenters. The lowest BCUT2D eigenvalue weighted by Crippen LogP contribution is -2.05. The number of hydrogen-bond donors (Lipinski definition) is 0. The number of cyclic esters (lactones) is 1. The van der Waals surface area contributed by atoms with Gasteiger partial charge in [-0.25, -0.2) is 9.79 Å². The molecule has 1 heterocycles. The van der Waals surface area contributed by atoms with Crippen molar-refractivity contribution in [3.8, 4) is 17.2 Å². The summed E-state index contributed by atoms with van der Waals surface area (Å²) >= 11 is 6.14. The molecule has 0 saturated carbocycles. The van der Waals surface area contributed by atoms with E-state index in [1.54, 1.807) is 42.5 Å². The van der Waals surface area contributed by atoms with Gasteiger partial charge in [0.15, 0.2) is 17.2 Å². The number of hydrogen-bond acceptors (Lipinski definition) is 6. The monoisotopic (exact) mass is 373 g/mol. The fourth-order valence-corrected chi connectivity index (χ4v) is 2.76. The zero-order valence-electron chi connectivity index (χ0n) is 14.4. The summed E-state index contributed by atoms with van der Waals surface area (Å²) in [5.74, 6) is 0.948. The van der Waals surface area contributed by atoms with Gasteiger partial charge in [-0.15, -0.1) is 0 Å². The van der Waals surface area contributed by atoms with Gasteiger partial charge in [-0.3, -0.25) is 0 Å². The van der Waals surface area contributed by atoms with E-state index in [4.69, 9.17) is 30.5 Å². The van der Waals surface area contributed by atoms with Crippen LogP contribution in [-0.2, 0) is 9.53 Å². The highest BCUT2D eigenvalue weighted by molar-refractivity contribution is 6.34. The molecular weight excluding hydrogens is 358 g/mol. The lowest BCUT2D eigenvalue weighted by molar-refractivity contribution is -0.129. The van der Waals surface area contributed by atoms with Crippen LogP contribution < -0.4 is 14.2 Å². The Morgan fingerprint density at radius 2 is 1.73 bits per heavy atom. The van der Waals surface area contributed by atoms with Crippen LogP contribution in [0.25, 0.3) is 6.08 Å². The molecule has 0 aromatic heterocycles. The predicted molar refractivity (Wildman–Crippen MR) is 98.2 cm³/mol. The van der Waals surface area contributed by atoms with E-state index in [1.165, 1.54) is 21.3 Å². The van der Waals surface area contributed by atoms with Crippen molar-refractivity contribution in [2.24, 2.45) is 4.99 Å². The number of halogens is 1. The third-order valence-electron chi connectivity index (χ3n) is 3.75. The molecule has 7 heteroatoms. The van der Waals surface area contributed by atoms with Gasteiger partial charge in [0.2, 0.25) is 11.6 Å². The van der Waals surface area contributed by atoms with Crippen molar-refractivity contribution in [2.75, 3.05) is 21.3 Å². The van der Waals surface area contributed by atoms with E-state index in [1.807, 2.05) is 0 Å². The second kappa shape index (κ2) is 7.49. The zero-order chi connectivity index (χ0) is 18.7. The Balaban J connectivity index is 2.05. The molecule has 0 atom stereocenters. The molecule has 26 heavy (non-hydrogen) atoms. The first-order valence-corrected chi connectivity index (χ1v) is 8.03. The number of carbonyl (C=O) groups is 1. The van der Waals surface area contributed by atoms with Gasteiger partial charge >= 0.3 is 5.97 Å². The molecule has 2 aromatic rings. The lowest BCUT2D eigenvalue weighted by atomic mass is 10.1. The van der Waals surface area contributed by atoms with Crippen LogP contribution in [0.2, 0.25) is 5.02 Å².